The summed E-state index contributed by atoms with van der Waals surface area (Å²) in [6.07, 6.45) is -0.287. The van der Waals surface area contributed by atoms with Gasteiger partial charge in [0, 0.05) is 29.8 Å². The molecular formula is C19H27F3N2O2. The highest BCUT2D eigenvalue weighted by Gasteiger charge is 2.49. The molecule has 26 heavy (non-hydrogen) atoms. The van der Waals surface area contributed by atoms with Gasteiger partial charge in [0.2, 0.25) is 5.91 Å². The van der Waals surface area contributed by atoms with Crippen molar-refractivity contribution in [3.63, 3.8) is 0 Å². The predicted molar refractivity (Wildman–Crippen MR) is 90.8 cm³/mol. The largest absolute Gasteiger partial charge is 0.396 e. The summed E-state index contributed by atoms with van der Waals surface area (Å²) in [5.41, 5.74) is 5.35. The minimum absolute atomic E-state index is 0.0350. The van der Waals surface area contributed by atoms with Gasteiger partial charge < -0.3 is 10.6 Å². The van der Waals surface area contributed by atoms with Gasteiger partial charge in [-0.2, -0.15) is 13.2 Å². The Morgan fingerprint density at radius 3 is 2.38 bits per heavy atom. The van der Waals surface area contributed by atoms with Gasteiger partial charge in [0.25, 0.3) is 0 Å². The number of allylic oxidation sites excluding steroid dienone is 1. The predicted octanol–water partition coefficient (Wildman–Crippen LogP) is 3.42. The van der Waals surface area contributed by atoms with Gasteiger partial charge >= 0.3 is 6.18 Å². The number of alkyl halides is 3. The molecule has 146 valence electrons. The molecule has 7 heteroatoms. The SMILES string of the molecule is CC1(C)C[C@]2(C=C(N)C1=O)CCN(C(=O)[C@H]1CC[C@H](C(F)(F)F)CC1)C2. The Morgan fingerprint density at radius 1 is 1.23 bits per heavy atom. The molecule has 2 aliphatic carbocycles. The number of nitrogens with two attached hydrogens (primary N) is 1. The summed E-state index contributed by atoms with van der Waals surface area (Å²) in [5, 5.41) is 0. The maximum absolute atomic E-state index is 12.8. The van der Waals surface area contributed by atoms with E-state index in [1.54, 1.807) is 4.90 Å². The van der Waals surface area contributed by atoms with E-state index in [1.165, 1.54) is 0 Å². The van der Waals surface area contributed by atoms with Gasteiger partial charge in [-0.3, -0.25) is 9.59 Å². The first-order chi connectivity index (χ1) is 11.9. The minimum atomic E-state index is -4.16. The Labute approximate surface area is 152 Å². The maximum atomic E-state index is 12.8. The number of amides is 1. The highest BCUT2D eigenvalue weighted by molar-refractivity contribution is 5.99. The second-order valence-electron chi connectivity index (χ2n) is 8.95. The van der Waals surface area contributed by atoms with Crippen LogP contribution in [0.15, 0.2) is 11.8 Å². The van der Waals surface area contributed by atoms with Crippen LogP contribution < -0.4 is 5.73 Å². The standard InChI is InChI=1S/C19H27F3N2O2/c1-17(2)10-18(9-14(23)15(17)25)7-8-24(11-18)16(26)12-3-5-13(6-4-12)19(20,21)22/h9,12-13H,3-8,10-11,23H2,1-2H3/t12-,13-,18-/m1/s1. The zero-order valence-electron chi connectivity index (χ0n) is 15.4. The number of carbonyl (C=O) groups is 2. The third-order valence-corrected chi connectivity index (χ3v) is 6.37. The Morgan fingerprint density at radius 2 is 1.85 bits per heavy atom. The Hall–Kier alpha value is -1.53. The van der Waals surface area contributed by atoms with Crippen molar-refractivity contribution in [2.24, 2.45) is 28.4 Å². The maximum Gasteiger partial charge on any atom is 0.391 e. The quantitative estimate of drug-likeness (QED) is 0.767. The number of rotatable bonds is 1. The number of halogens is 3. The van der Waals surface area contributed by atoms with E-state index in [4.69, 9.17) is 5.73 Å². The number of ketones is 1. The van der Waals surface area contributed by atoms with Crippen molar-refractivity contribution >= 4 is 11.7 Å². The molecule has 1 atom stereocenters. The van der Waals surface area contributed by atoms with Crippen molar-refractivity contribution in [1.82, 2.24) is 4.90 Å². The lowest BCUT2D eigenvalue weighted by molar-refractivity contribution is -0.185. The fourth-order valence-corrected chi connectivity index (χ4v) is 5.07. The summed E-state index contributed by atoms with van der Waals surface area (Å²) in [5.74, 6) is -1.68. The van der Waals surface area contributed by atoms with Crippen LogP contribution in [-0.4, -0.2) is 35.9 Å². The Bertz CT molecular complexity index is 633. The number of nitrogens with zero attached hydrogens (tertiary/aromatic N) is 1. The molecule has 1 spiro atoms. The molecule has 0 aromatic rings. The number of hydrogen-bond acceptors (Lipinski definition) is 3. The second kappa shape index (κ2) is 6.27. The van der Waals surface area contributed by atoms with Crippen LogP contribution in [0.4, 0.5) is 13.2 Å². The molecule has 0 aromatic heterocycles. The van der Waals surface area contributed by atoms with Crippen molar-refractivity contribution in [1.29, 1.82) is 0 Å². The number of carbonyl (C=O) groups excluding carboxylic acids is 2. The van der Waals surface area contributed by atoms with E-state index >= 15 is 0 Å². The van der Waals surface area contributed by atoms with Crippen LogP contribution in [0.5, 0.6) is 0 Å². The van der Waals surface area contributed by atoms with Crippen LogP contribution in [0.2, 0.25) is 0 Å². The van der Waals surface area contributed by atoms with Crippen molar-refractivity contribution in [3.8, 4) is 0 Å². The molecule has 1 amide bonds. The van der Waals surface area contributed by atoms with Crippen LogP contribution in [0.1, 0.15) is 52.4 Å². The highest BCUT2D eigenvalue weighted by Crippen LogP contribution is 2.48. The Balaban J connectivity index is 1.65. The van der Waals surface area contributed by atoms with E-state index in [0.29, 0.717) is 32.4 Å². The zero-order chi connectivity index (χ0) is 19.3. The molecule has 0 aromatic carbocycles. The lowest BCUT2D eigenvalue weighted by atomic mass is 9.65. The summed E-state index contributed by atoms with van der Waals surface area (Å²) >= 11 is 0. The summed E-state index contributed by atoms with van der Waals surface area (Å²) in [6.45, 7) is 4.83. The molecule has 4 nitrogen and oxygen atoms in total. The van der Waals surface area contributed by atoms with Gasteiger partial charge in [-0.1, -0.05) is 13.8 Å². The number of likely N-dealkylation sites (tertiary alicyclic amines) is 1. The zero-order valence-corrected chi connectivity index (χ0v) is 15.4. The van der Waals surface area contributed by atoms with Crippen LogP contribution in [0.25, 0.3) is 0 Å². The molecule has 2 fully saturated rings. The number of hydrogen-bond donors (Lipinski definition) is 1. The molecule has 1 heterocycles. The van der Waals surface area contributed by atoms with Crippen molar-refractivity contribution in [2.75, 3.05) is 13.1 Å². The van der Waals surface area contributed by atoms with E-state index in [2.05, 4.69) is 0 Å². The molecule has 2 N–H and O–H groups in total. The lowest BCUT2D eigenvalue weighted by Crippen LogP contribution is -2.43. The molecule has 0 radical (unpaired) electrons. The monoisotopic (exact) mass is 372 g/mol. The van der Waals surface area contributed by atoms with E-state index < -0.39 is 17.5 Å². The van der Waals surface area contributed by atoms with Gasteiger partial charge in [-0.05, 0) is 44.6 Å². The third kappa shape index (κ3) is 3.49. The molecule has 3 aliphatic rings. The second-order valence-corrected chi connectivity index (χ2v) is 8.95. The van der Waals surface area contributed by atoms with Crippen LogP contribution in [0.3, 0.4) is 0 Å². The average molecular weight is 372 g/mol. The van der Waals surface area contributed by atoms with Gasteiger partial charge in [-0.15, -0.1) is 0 Å². The first-order valence-electron chi connectivity index (χ1n) is 9.32. The fourth-order valence-electron chi connectivity index (χ4n) is 5.07. The van der Waals surface area contributed by atoms with Gasteiger partial charge in [0.05, 0.1) is 11.6 Å². The van der Waals surface area contributed by atoms with E-state index in [0.717, 1.165) is 6.42 Å². The highest BCUT2D eigenvalue weighted by atomic mass is 19.4. The van der Waals surface area contributed by atoms with Crippen molar-refractivity contribution < 1.29 is 22.8 Å². The molecule has 1 saturated heterocycles. The van der Waals surface area contributed by atoms with Crippen LogP contribution in [0, 0.1) is 22.7 Å². The smallest absolute Gasteiger partial charge is 0.391 e. The molecular weight excluding hydrogens is 345 g/mol. The summed E-state index contributed by atoms with van der Waals surface area (Å²) < 4.78 is 38.4. The lowest BCUT2D eigenvalue weighted by Gasteiger charge is -2.39. The van der Waals surface area contributed by atoms with Gasteiger partial charge in [0.15, 0.2) is 5.78 Å². The van der Waals surface area contributed by atoms with E-state index in [9.17, 15) is 22.8 Å². The number of Topliss-reactive ketones (excluding diaryl/α,β-unsaturated/α-hetero) is 1. The molecule has 1 saturated carbocycles. The molecule has 0 unspecified atom stereocenters. The van der Waals surface area contributed by atoms with Crippen LogP contribution in [-0.2, 0) is 9.59 Å². The van der Waals surface area contributed by atoms with Crippen molar-refractivity contribution in [2.45, 2.75) is 58.5 Å². The normalized spacial score (nSPS) is 34.9. The van der Waals surface area contributed by atoms with Crippen molar-refractivity contribution in [3.05, 3.63) is 11.8 Å². The fraction of sp³-hybridized carbons (Fsp3) is 0.789. The van der Waals surface area contributed by atoms with Gasteiger partial charge in [-0.25, -0.2) is 0 Å². The third-order valence-electron chi connectivity index (χ3n) is 6.37. The summed E-state index contributed by atoms with van der Waals surface area (Å²) in [6, 6.07) is 0. The Kier molecular flexibility index (Phi) is 4.64. The van der Waals surface area contributed by atoms with E-state index in [-0.39, 0.29) is 41.6 Å². The molecule has 1 aliphatic heterocycles. The molecule has 0 bridgehead atoms. The average Bonchev–Trinajstić information content (AvgIpc) is 2.94. The summed E-state index contributed by atoms with van der Waals surface area (Å²) in [7, 11) is 0. The summed E-state index contributed by atoms with van der Waals surface area (Å²) in [4.78, 5) is 26.8. The first-order valence-corrected chi connectivity index (χ1v) is 9.32. The van der Waals surface area contributed by atoms with Crippen LogP contribution >= 0.6 is 0 Å². The molecule has 3 rings (SSSR count). The topological polar surface area (TPSA) is 63.4 Å². The minimum Gasteiger partial charge on any atom is -0.396 e. The first kappa shape index (κ1) is 19.2. The van der Waals surface area contributed by atoms with E-state index in [1.807, 2.05) is 19.9 Å². The van der Waals surface area contributed by atoms with Gasteiger partial charge in [0.1, 0.15) is 0 Å².